The molecule has 0 saturated heterocycles. The van der Waals surface area contributed by atoms with E-state index >= 15 is 0 Å². The van der Waals surface area contributed by atoms with Gasteiger partial charge in [-0.1, -0.05) is 54.6 Å². The second kappa shape index (κ2) is 5.34. The van der Waals surface area contributed by atoms with Crippen molar-refractivity contribution in [1.29, 1.82) is 0 Å². The molecule has 18 heavy (non-hydrogen) atoms. The van der Waals surface area contributed by atoms with Gasteiger partial charge in [-0.05, 0) is 16.7 Å². The zero-order chi connectivity index (χ0) is 15.8. The third kappa shape index (κ3) is 2.30. The molecule has 0 bridgehead atoms. The Bertz CT molecular complexity index is 660. The first kappa shape index (κ1) is 7.72. The fourth-order valence-corrected chi connectivity index (χ4v) is 2.15. The lowest BCUT2D eigenvalue weighted by atomic mass is 9.96. The van der Waals surface area contributed by atoms with Crippen LogP contribution in [0.4, 0.5) is 0 Å². The lowest BCUT2D eigenvalue weighted by molar-refractivity contribution is 0.0776. The van der Waals surface area contributed by atoms with Gasteiger partial charge >= 0.3 is 0 Å². The Morgan fingerprint density at radius 2 is 1.83 bits per heavy atom. The monoisotopic (exact) mass is 243 g/mol. The van der Waals surface area contributed by atoms with Gasteiger partial charge in [-0.2, -0.15) is 0 Å². The number of hydrogen-bond donors (Lipinski definition) is 1. The second-order valence-electron chi connectivity index (χ2n) is 4.19. The van der Waals surface area contributed by atoms with Gasteiger partial charge in [0, 0.05) is 15.8 Å². The van der Waals surface area contributed by atoms with Crippen molar-refractivity contribution in [1.82, 2.24) is 5.32 Å². The van der Waals surface area contributed by atoms with E-state index in [4.69, 9.17) is 10.2 Å². The SMILES string of the molecule is [2H]C1([2H])NCc2ccccc2C(c2ccccc2)OC1([2H])[2H]. The van der Waals surface area contributed by atoms with E-state index in [1.807, 2.05) is 54.6 Å². The lowest BCUT2D eigenvalue weighted by Gasteiger charge is -2.24. The summed E-state index contributed by atoms with van der Waals surface area (Å²) in [6, 6.07) is 16.9. The highest BCUT2D eigenvalue weighted by molar-refractivity contribution is 5.36. The van der Waals surface area contributed by atoms with Gasteiger partial charge < -0.3 is 10.1 Å². The largest absolute Gasteiger partial charge is 0.367 e. The van der Waals surface area contributed by atoms with E-state index in [1.165, 1.54) is 0 Å². The van der Waals surface area contributed by atoms with Crippen LogP contribution in [0, 0.1) is 0 Å². The number of ether oxygens (including phenoxy) is 1. The van der Waals surface area contributed by atoms with Crippen molar-refractivity contribution in [3.8, 4) is 0 Å². The first-order valence-corrected chi connectivity index (χ1v) is 5.96. The number of nitrogens with one attached hydrogen (secondary N) is 1. The predicted molar refractivity (Wildman–Crippen MR) is 72.4 cm³/mol. The van der Waals surface area contributed by atoms with Gasteiger partial charge in [0.05, 0.1) is 9.30 Å². The van der Waals surface area contributed by atoms with Gasteiger partial charge in [-0.3, -0.25) is 0 Å². The Morgan fingerprint density at radius 3 is 2.72 bits per heavy atom. The van der Waals surface area contributed by atoms with Gasteiger partial charge in [0.25, 0.3) is 0 Å². The Labute approximate surface area is 113 Å². The molecule has 0 aliphatic carbocycles. The minimum absolute atomic E-state index is 0.245. The summed E-state index contributed by atoms with van der Waals surface area (Å²) in [5.41, 5.74) is 2.55. The van der Waals surface area contributed by atoms with Crippen LogP contribution in [0.5, 0.6) is 0 Å². The normalized spacial score (nSPS) is 28.6. The molecule has 0 amide bonds. The molecule has 1 heterocycles. The molecule has 2 aromatic rings. The van der Waals surface area contributed by atoms with E-state index in [0.29, 0.717) is 0 Å². The summed E-state index contributed by atoms with van der Waals surface area (Å²) < 4.78 is 37.4. The predicted octanol–water partition coefficient (Wildman–Crippen LogP) is 2.90. The summed E-state index contributed by atoms with van der Waals surface area (Å²) >= 11 is 0. The average Bonchev–Trinajstić information content (AvgIpc) is 2.51. The Balaban J connectivity index is 2.13. The van der Waals surface area contributed by atoms with E-state index in [9.17, 15) is 0 Å². The Kier molecular flexibility index (Phi) is 2.29. The van der Waals surface area contributed by atoms with Gasteiger partial charge in [-0.25, -0.2) is 0 Å². The Hall–Kier alpha value is -1.64. The van der Waals surface area contributed by atoms with E-state index in [2.05, 4.69) is 5.32 Å². The third-order valence-electron chi connectivity index (χ3n) is 3.03. The smallest absolute Gasteiger partial charge is 0.108 e. The molecule has 0 fully saturated rings. The van der Waals surface area contributed by atoms with Crippen LogP contribution in [-0.2, 0) is 11.3 Å². The highest BCUT2D eigenvalue weighted by atomic mass is 16.5. The summed E-state index contributed by atoms with van der Waals surface area (Å²) in [6.45, 7) is -4.50. The minimum atomic E-state index is -2.46. The molecule has 1 atom stereocenters. The number of hydrogen-bond acceptors (Lipinski definition) is 2. The van der Waals surface area contributed by atoms with Gasteiger partial charge in [0.2, 0.25) is 0 Å². The highest BCUT2D eigenvalue weighted by Gasteiger charge is 2.19. The first-order chi connectivity index (χ1) is 10.4. The molecule has 3 rings (SSSR count). The summed E-state index contributed by atoms with van der Waals surface area (Å²) in [5, 5.41) is 2.61. The number of benzene rings is 2. The van der Waals surface area contributed by atoms with E-state index in [1.54, 1.807) is 0 Å². The standard InChI is InChI=1S/C16H17NO/c1-2-6-13(7-3-1)16-15-9-5-4-8-14(15)12-17-10-11-18-16/h1-9,16-17H,10-12H2/i10D2,11D2. The molecule has 1 unspecified atom stereocenters. The van der Waals surface area contributed by atoms with Crippen LogP contribution in [0.3, 0.4) is 0 Å². The van der Waals surface area contributed by atoms with Crippen LogP contribution in [0.25, 0.3) is 0 Å². The molecule has 1 aliphatic rings. The van der Waals surface area contributed by atoms with Gasteiger partial charge in [0.15, 0.2) is 0 Å². The van der Waals surface area contributed by atoms with E-state index in [0.717, 1.165) is 16.7 Å². The molecule has 1 aliphatic heterocycles. The number of fused-ring (bicyclic) bond motifs is 1. The van der Waals surface area contributed by atoms with Crippen LogP contribution in [0.15, 0.2) is 54.6 Å². The molecule has 1 N–H and O–H groups in total. The molecule has 2 nitrogen and oxygen atoms in total. The maximum Gasteiger partial charge on any atom is 0.108 e. The maximum atomic E-state index is 7.99. The average molecular weight is 243 g/mol. The maximum absolute atomic E-state index is 7.99. The topological polar surface area (TPSA) is 21.3 Å². The molecule has 0 radical (unpaired) electrons. The molecule has 0 spiro atoms. The first-order valence-electron chi connectivity index (χ1n) is 7.96. The Morgan fingerprint density at radius 1 is 1.06 bits per heavy atom. The van der Waals surface area contributed by atoms with Crippen molar-refractivity contribution in [3.05, 3.63) is 71.3 Å². The van der Waals surface area contributed by atoms with Crippen molar-refractivity contribution in [3.63, 3.8) is 0 Å². The van der Waals surface area contributed by atoms with Crippen LogP contribution in [-0.4, -0.2) is 13.1 Å². The van der Waals surface area contributed by atoms with Crippen molar-refractivity contribution < 1.29 is 10.2 Å². The van der Waals surface area contributed by atoms with Crippen LogP contribution in [0.2, 0.25) is 0 Å². The van der Waals surface area contributed by atoms with Gasteiger partial charge in [-0.15, -0.1) is 0 Å². The summed E-state index contributed by atoms with van der Waals surface area (Å²) in [4.78, 5) is 0. The molecule has 0 saturated carbocycles. The second-order valence-corrected chi connectivity index (χ2v) is 4.19. The van der Waals surface area contributed by atoms with E-state index < -0.39 is 19.2 Å². The molecule has 2 heteroatoms. The summed E-state index contributed by atoms with van der Waals surface area (Å²) in [6.07, 6.45) is -0.649. The van der Waals surface area contributed by atoms with Crippen LogP contribution < -0.4 is 5.32 Å². The fourth-order valence-electron chi connectivity index (χ4n) is 2.15. The zero-order valence-electron chi connectivity index (χ0n) is 13.9. The third-order valence-corrected chi connectivity index (χ3v) is 3.03. The minimum Gasteiger partial charge on any atom is -0.367 e. The molecular weight excluding hydrogens is 222 g/mol. The van der Waals surface area contributed by atoms with Crippen molar-refractivity contribution in [2.45, 2.75) is 12.6 Å². The highest BCUT2D eigenvalue weighted by Crippen LogP contribution is 2.29. The molecular formula is C16H17NO. The summed E-state index contributed by atoms with van der Waals surface area (Å²) in [7, 11) is 0. The van der Waals surface area contributed by atoms with Crippen LogP contribution in [0.1, 0.15) is 28.3 Å². The molecule has 2 aromatic carbocycles. The van der Waals surface area contributed by atoms with E-state index in [-0.39, 0.29) is 6.54 Å². The van der Waals surface area contributed by atoms with Crippen molar-refractivity contribution in [2.75, 3.05) is 13.1 Å². The quantitative estimate of drug-likeness (QED) is 0.831. The molecule has 0 aromatic heterocycles. The number of rotatable bonds is 1. The van der Waals surface area contributed by atoms with Crippen molar-refractivity contribution >= 4 is 0 Å². The zero-order valence-corrected chi connectivity index (χ0v) is 9.89. The van der Waals surface area contributed by atoms with Crippen molar-refractivity contribution in [2.24, 2.45) is 0 Å². The fraction of sp³-hybridized carbons (Fsp3) is 0.250. The summed E-state index contributed by atoms with van der Waals surface area (Å²) in [5.74, 6) is 0. The molecule has 92 valence electrons. The lowest BCUT2D eigenvalue weighted by Crippen LogP contribution is -2.25. The van der Waals surface area contributed by atoms with Gasteiger partial charge in [0.1, 0.15) is 6.10 Å². The van der Waals surface area contributed by atoms with Crippen LogP contribution >= 0.6 is 0 Å².